The molecule has 2 atom stereocenters. The smallest absolute Gasteiger partial charge is 0.0933 e. The fourth-order valence-electron chi connectivity index (χ4n) is 3.48. The highest BCUT2D eigenvalue weighted by atomic mass is 32.1. The van der Waals surface area contributed by atoms with Crippen molar-refractivity contribution in [3.05, 3.63) is 15.6 Å². The molecule has 1 fully saturated rings. The van der Waals surface area contributed by atoms with Crippen molar-refractivity contribution in [1.29, 1.82) is 0 Å². The number of hydrogen-bond donors (Lipinski definition) is 1. The topological polar surface area (TPSA) is 24.9 Å². The quantitative estimate of drug-likeness (QED) is 0.873. The minimum atomic E-state index is 0.509. The van der Waals surface area contributed by atoms with E-state index in [0.29, 0.717) is 5.41 Å². The van der Waals surface area contributed by atoms with Gasteiger partial charge in [-0.2, -0.15) is 0 Å². The summed E-state index contributed by atoms with van der Waals surface area (Å²) in [6, 6.07) is 0. The van der Waals surface area contributed by atoms with Gasteiger partial charge in [0.1, 0.15) is 0 Å². The Hall–Kier alpha value is -0.410. The molecule has 1 aliphatic rings. The Morgan fingerprint density at radius 3 is 2.65 bits per heavy atom. The molecular formula is C17H30N2S. The average Bonchev–Trinajstić information content (AvgIpc) is 2.66. The van der Waals surface area contributed by atoms with Gasteiger partial charge in [-0.25, -0.2) is 4.98 Å². The summed E-state index contributed by atoms with van der Waals surface area (Å²) >= 11 is 1.90. The first-order chi connectivity index (χ1) is 9.41. The highest BCUT2D eigenvalue weighted by Crippen LogP contribution is 2.43. The second kappa shape index (κ2) is 6.57. The van der Waals surface area contributed by atoms with Crippen molar-refractivity contribution in [3.63, 3.8) is 0 Å². The first-order valence-electron chi connectivity index (χ1n) is 8.05. The Morgan fingerprint density at radius 1 is 1.30 bits per heavy atom. The summed E-state index contributed by atoms with van der Waals surface area (Å²) < 4.78 is 0. The zero-order chi connectivity index (χ0) is 14.8. The van der Waals surface area contributed by atoms with Crippen LogP contribution in [0.5, 0.6) is 0 Å². The maximum Gasteiger partial charge on any atom is 0.0933 e. The lowest BCUT2D eigenvalue weighted by Crippen LogP contribution is -2.37. The molecule has 2 nitrogen and oxygen atoms in total. The van der Waals surface area contributed by atoms with Gasteiger partial charge in [0.2, 0.25) is 0 Å². The van der Waals surface area contributed by atoms with E-state index in [1.807, 2.05) is 11.3 Å². The van der Waals surface area contributed by atoms with Gasteiger partial charge in [0.15, 0.2) is 0 Å². The molecule has 20 heavy (non-hydrogen) atoms. The van der Waals surface area contributed by atoms with Crippen LogP contribution in [-0.2, 0) is 6.42 Å². The van der Waals surface area contributed by atoms with Gasteiger partial charge in [0, 0.05) is 11.3 Å². The molecule has 2 rings (SSSR count). The maximum absolute atomic E-state index is 4.76. The molecule has 0 amide bonds. The number of thiazole rings is 1. The minimum Gasteiger partial charge on any atom is -0.317 e. The van der Waals surface area contributed by atoms with Crippen molar-refractivity contribution >= 4 is 11.3 Å². The molecule has 1 saturated carbocycles. The van der Waals surface area contributed by atoms with Crippen molar-refractivity contribution in [1.82, 2.24) is 10.3 Å². The molecule has 0 bridgehead atoms. The summed E-state index contributed by atoms with van der Waals surface area (Å²) in [6.07, 6.45) is 5.27. The van der Waals surface area contributed by atoms with Crippen LogP contribution in [-0.4, -0.2) is 18.1 Å². The lowest BCUT2D eigenvalue weighted by molar-refractivity contribution is 0.116. The summed E-state index contributed by atoms with van der Waals surface area (Å²) in [6.45, 7) is 13.7. The van der Waals surface area contributed by atoms with Crippen molar-refractivity contribution in [3.8, 4) is 0 Å². The normalized spacial score (nSPS) is 25.9. The Labute approximate surface area is 128 Å². The molecule has 1 N–H and O–H groups in total. The highest BCUT2D eigenvalue weighted by molar-refractivity contribution is 7.11. The lowest BCUT2D eigenvalue weighted by atomic mass is 9.66. The molecule has 1 heterocycles. The van der Waals surface area contributed by atoms with Crippen LogP contribution in [0.3, 0.4) is 0 Å². The third kappa shape index (κ3) is 4.05. The Balaban J connectivity index is 2.06. The van der Waals surface area contributed by atoms with E-state index in [1.165, 1.54) is 47.8 Å². The molecule has 2 unspecified atom stereocenters. The van der Waals surface area contributed by atoms with E-state index in [4.69, 9.17) is 4.98 Å². The largest absolute Gasteiger partial charge is 0.317 e. The third-order valence-corrected chi connectivity index (χ3v) is 5.93. The molecule has 1 aromatic heterocycles. The van der Waals surface area contributed by atoms with Crippen molar-refractivity contribution in [2.24, 2.45) is 17.3 Å². The maximum atomic E-state index is 4.76. The van der Waals surface area contributed by atoms with E-state index in [-0.39, 0.29) is 0 Å². The predicted octanol–water partition coefficient (Wildman–Crippen LogP) is 4.35. The molecule has 0 spiro atoms. The Morgan fingerprint density at radius 2 is 2.05 bits per heavy atom. The van der Waals surface area contributed by atoms with Gasteiger partial charge in [-0.3, -0.25) is 0 Å². The molecule has 0 aliphatic heterocycles. The molecule has 3 heteroatoms. The third-order valence-electron chi connectivity index (χ3n) is 4.84. The molecule has 0 radical (unpaired) electrons. The van der Waals surface area contributed by atoms with Gasteiger partial charge in [0.25, 0.3) is 0 Å². The van der Waals surface area contributed by atoms with Gasteiger partial charge in [0.05, 0.1) is 10.7 Å². The van der Waals surface area contributed by atoms with E-state index in [2.05, 4.69) is 39.9 Å². The molecular weight excluding hydrogens is 264 g/mol. The average molecular weight is 295 g/mol. The van der Waals surface area contributed by atoms with Crippen LogP contribution in [0, 0.1) is 31.1 Å². The zero-order valence-corrected chi connectivity index (χ0v) is 14.6. The second-order valence-corrected chi connectivity index (χ2v) is 8.48. The number of nitrogens with one attached hydrogen (secondary N) is 1. The molecule has 0 saturated heterocycles. The number of aryl methyl sites for hydroxylation is 2. The number of rotatable bonds is 5. The Bertz CT molecular complexity index is 417. The SMILES string of the molecule is CCNCC1CCC(C)(C)CC1Cc1nc(C)c(C)s1. The summed E-state index contributed by atoms with van der Waals surface area (Å²) in [7, 11) is 0. The lowest BCUT2D eigenvalue weighted by Gasteiger charge is -2.41. The summed E-state index contributed by atoms with van der Waals surface area (Å²) in [5, 5.41) is 4.91. The van der Waals surface area contributed by atoms with Crippen molar-refractivity contribution in [2.75, 3.05) is 13.1 Å². The van der Waals surface area contributed by atoms with Gasteiger partial charge in [-0.1, -0.05) is 20.8 Å². The van der Waals surface area contributed by atoms with E-state index in [9.17, 15) is 0 Å². The Kier molecular flexibility index (Phi) is 5.25. The first-order valence-corrected chi connectivity index (χ1v) is 8.86. The molecule has 0 aromatic carbocycles. The number of hydrogen-bond acceptors (Lipinski definition) is 3. The van der Waals surface area contributed by atoms with E-state index in [0.717, 1.165) is 18.4 Å². The minimum absolute atomic E-state index is 0.509. The number of aromatic nitrogens is 1. The molecule has 1 aliphatic carbocycles. The van der Waals surface area contributed by atoms with Gasteiger partial charge in [-0.15, -0.1) is 11.3 Å². The van der Waals surface area contributed by atoms with Crippen LogP contribution >= 0.6 is 11.3 Å². The first kappa shape index (κ1) is 16.0. The monoisotopic (exact) mass is 294 g/mol. The zero-order valence-electron chi connectivity index (χ0n) is 13.8. The van der Waals surface area contributed by atoms with Crippen molar-refractivity contribution < 1.29 is 0 Å². The summed E-state index contributed by atoms with van der Waals surface area (Å²) in [5.41, 5.74) is 1.73. The molecule has 1 aromatic rings. The van der Waals surface area contributed by atoms with Crippen LogP contribution in [0.1, 0.15) is 55.6 Å². The predicted molar refractivity (Wildman–Crippen MR) is 88.4 cm³/mol. The standard InChI is InChI=1S/C17H30N2S/c1-6-18-11-14-7-8-17(4,5)10-15(14)9-16-19-12(2)13(3)20-16/h14-15,18H,6-11H2,1-5H3. The van der Waals surface area contributed by atoms with E-state index in [1.54, 1.807) is 0 Å². The van der Waals surface area contributed by atoms with Gasteiger partial charge >= 0.3 is 0 Å². The van der Waals surface area contributed by atoms with Crippen LogP contribution in [0.2, 0.25) is 0 Å². The van der Waals surface area contributed by atoms with Crippen LogP contribution in [0.15, 0.2) is 0 Å². The fraction of sp³-hybridized carbons (Fsp3) is 0.824. The summed E-state index contributed by atoms with van der Waals surface area (Å²) in [5.74, 6) is 1.62. The van der Waals surface area contributed by atoms with E-state index >= 15 is 0 Å². The van der Waals surface area contributed by atoms with Gasteiger partial charge < -0.3 is 5.32 Å². The van der Waals surface area contributed by atoms with Crippen LogP contribution in [0.4, 0.5) is 0 Å². The van der Waals surface area contributed by atoms with Crippen molar-refractivity contribution in [2.45, 2.75) is 60.3 Å². The van der Waals surface area contributed by atoms with Crippen LogP contribution in [0.25, 0.3) is 0 Å². The second-order valence-electron chi connectivity index (χ2n) is 7.19. The number of nitrogens with zero attached hydrogens (tertiary/aromatic N) is 1. The van der Waals surface area contributed by atoms with E-state index < -0.39 is 0 Å². The summed E-state index contributed by atoms with van der Waals surface area (Å²) in [4.78, 5) is 6.15. The fourth-order valence-corrected chi connectivity index (χ4v) is 4.51. The van der Waals surface area contributed by atoms with Gasteiger partial charge in [-0.05, 0) is 63.5 Å². The molecule has 114 valence electrons. The van der Waals surface area contributed by atoms with Crippen LogP contribution < -0.4 is 5.32 Å². The highest BCUT2D eigenvalue weighted by Gasteiger charge is 2.35.